The molecular formula is C21H21ClF8N6O5S. The maximum absolute atomic E-state index is 13.3. The lowest BCUT2D eigenvalue weighted by Crippen LogP contribution is -2.31. The normalized spacial score (nSPS) is 13.4. The fraction of sp³-hybridized carbons (Fsp3) is 0.333. The average Bonchev–Trinajstić information content (AvgIpc) is 3.17. The molecule has 3 aromatic rings. The van der Waals surface area contributed by atoms with Gasteiger partial charge >= 0.3 is 22.4 Å². The summed E-state index contributed by atoms with van der Waals surface area (Å²) in [4.78, 5) is 33.7. The number of carboxylic acid groups (broad SMARTS) is 1. The van der Waals surface area contributed by atoms with Gasteiger partial charge in [-0.1, -0.05) is 31.0 Å². The standard InChI is InChI=1S/C19H20ClF5N6O3S.C2HF3O2/c1-4-29(5-2)18(33)14-9-16(20)27-31-17(14)28-30(19(31)26)10-15(32)11-6-12(34-3)8-13(7-11)35(21,22,23,24)25;3-2(4,5)1(6)7/h6-9,26H,4-5,10H2,1-3H3;(H,6,7). The Kier molecular flexibility index (Phi) is 9.01. The van der Waals surface area contributed by atoms with E-state index < -0.39 is 62.4 Å². The Morgan fingerprint density at radius 3 is 2.05 bits per heavy atom. The Hall–Kier alpha value is -3.94. The molecule has 0 fully saturated rings. The first-order chi connectivity index (χ1) is 18.9. The van der Waals surface area contributed by atoms with Crippen LogP contribution in [0.25, 0.3) is 5.65 Å². The summed E-state index contributed by atoms with van der Waals surface area (Å²) in [5.41, 5.74) is -1.40. The lowest BCUT2D eigenvalue weighted by Gasteiger charge is -2.40. The summed E-state index contributed by atoms with van der Waals surface area (Å²) in [5, 5.41) is 23.1. The molecule has 2 heterocycles. The molecule has 0 saturated carbocycles. The predicted octanol–water partition coefficient (Wildman–Crippen LogP) is 5.33. The van der Waals surface area contributed by atoms with Gasteiger partial charge in [-0.25, -0.2) is 9.48 Å². The van der Waals surface area contributed by atoms with Crippen LogP contribution in [0.2, 0.25) is 5.15 Å². The van der Waals surface area contributed by atoms with Crippen LogP contribution in [0.3, 0.4) is 0 Å². The van der Waals surface area contributed by atoms with Crippen molar-refractivity contribution in [3.8, 4) is 5.75 Å². The molecule has 0 aliphatic rings. The number of ketones is 1. The largest absolute Gasteiger partial charge is 0.497 e. The molecule has 21 heteroatoms. The van der Waals surface area contributed by atoms with Gasteiger partial charge in [0.15, 0.2) is 16.6 Å². The number of hydrogen-bond donors (Lipinski definition) is 2. The third kappa shape index (κ3) is 8.08. The van der Waals surface area contributed by atoms with Crippen molar-refractivity contribution < 1.29 is 56.8 Å². The molecule has 2 aromatic heterocycles. The van der Waals surface area contributed by atoms with Crippen LogP contribution in [0.15, 0.2) is 29.2 Å². The molecule has 0 atom stereocenters. The Morgan fingerprint density at radius 1 is 1.05 bits per heavy atom. The number of nitrogens with one attached hydrogen (secondary N) is 1. The number of benzene rings is 1. The lowest BCUT2D eigenvalue weighted by molar-refractivity contribution is -0.192. The minimum atomic E-state index is -10.1. The zero-order chi connectivity index (χ0) is 32.5. The second kappa shape index (κ2) is 11.0. The van der Waals surface area contributed by atoms with Gasteiger partial charge in [0, 0.05) is 24.7 Å². The van der Waals surface area contributed by atoms with E-state index in [1.165, 1.54) is 11.0 Å². The highest BCUT2D eigenvalue weighted by atomic mass is 35.5. The Labute approximate surface area is 235 Å². The Bertz CT molecular complexity index is 1600. The van der Waals surface area contributed by atoms with Crippen LogP contribution >= 0.6 is 21.8 Å². The summed E-state index contributed by atoms with van der Waals surface area (Å²) in [5.74, 6) is -4.91. The first-order valence-electron chi connectivity index (χ1n) is 11.2. The summed E-state index contributed by atoms with van der Waals surface area (Å²) in [7, 11) is -9.16. The van der Waals surface area contributed by atoms with E-state index in [0.29, 0.717) is 13.1 Å². The number of hydrogen-bond acceptors (Lipinski definition) is 7. The topological polar surface area (TPSA) is 143 Å². The zero-order valence-electron chi connectivity index (χ0n) is 21.6. The molecule has 0 unspecified atom stereocenters. The number of methoxy groups -OCH3 is 1. The van der Waals surface area contributed by atoms with Crippen LogP contribution in [-0.4, -0.2) is 73.4 Å². The number of carbonyl (C=O) groups excluding carboxylic acids is 2. The van der Waals surface area contributed by atoms with E-state index in [4.69, 9.17) is 26.9 Å². The number of fused-ring (bicyclic) bond motifs is 1. The number of nitrogens with zero attached hydrogens (tertiary/aromatic N) is 5. The number of rotatable bonds is 8. The van der Waals surface area contributed by atoms with Crippen LogP contribution in [0.4, 0.5) is 32.6 Å². The summed E-state index contributed by atoms with van der Waals surface area (Å²) >= 11 is 5.98. The summed E-state index contributed by atoms with van der Waals surface area (Å²) in [6.45, 7) is 3.40. The number of alkyl halides is 3. The molecular weight excluding hydrogens is 636 g/mol. The van der Waals surface area contributed by atoms with Gasteiger partial charge in [0.05, 0.1) is 12.7 Å². The smallest absolute Gasteiger partial charge is 0.490 e. The predicted molar refractivity (Wildman–Crippen MR) is 132 cm³/mol. The second-order valence-electron chi connectivity index (χ2n) is 8.17. The van der Waals surface area contributed by atoms with Crippen LogP contribution in [0, 0.1) is 5.41 Å². The van der Waals surface area contributed by atoms with Gasteiger partial charge in [0.25, 0.3) is 5.91 Å². The molecule has 2 N–H and O–H groups in total. The molecule has 1 aromatic carbocycles. The second-order valence-corrected chi connectivity index (χ2v) is 11.0. The minimum absolute atomic E-state index is 0.0158. The number of halogens is 9. The number of aromatic nitrogens is 4. The van der Waals surface area contributed by atoms with Gasteiger partial charge in [0.2, 0.25) is 5.62 Å². The van der Waals surface area contributed by atoms with Crippen molar-refractivity contribution in [3.63, 3.8) is 0 Å². The van der Waals surface area contributed by atoms with Crippen molar-refractivity contribution in [2.45, 2.75) is 31.5 Å². The molecule has 0 aliphatic heterocycles. The van der Waals surface area contributed by atoms with Gasteiger partial charge in [-0.05, 0) is 32.0 Å². The van der Waals surface area contributed by atoms with Crippen molar-refractivity contribution >= 4 is 45.1 Å². The van der Waals surface area contributed by atoms with E-state index in [1.807, 2.05) is 0 Å². The molecule has 234 valence electrons. The van der Waals surface area contributed by atoms with E-state index in [-0.39, 0.29) is 28.5 Å². The van der Waals surface area contributed by atoms with Crippen LogP contribution in [0.5, 0.6) is 5.75 Å². The molecule has 0 bridgehead atoms. The maximum atomic E-state index is 13.3. The molecule has 42 heavy (non-hydrogen) atoms. The summed E-state index contributed by atoms with van der Waals surface area (Å²) in [6.07, 6.45) is -5.08. The number of Topliss-reactive ketones (excluding diaryl/α,β-unsaturated/α-hetero) is 1. The molecule has 0 radical (unpaired) electrons. The van der Waals surface area contributed by atoms with Crippen LogP contribution in [-0.2, 0) is 11.3 Å². The van der Waals surface area contributed by atoms with Gasteiger partial charge in [-0.2, -0.15) is 22.8 Å². The van der Waals surface area contributed by atoms with E-state index >= 15 is 0 Å². The van der Waals surface area contributed by atoms with Gasteiger partial charge in [-0.15, -0.1) is 5.10 Å². The minimum Gasteiger partial charge on any atom is -0.497 e. The average molecular weight is 657 g/mol. The van der Waals surface area contributed by atoms with Gasteiger partial charge in [-0.3, -0.25) is 15.0 Å². The number of carbonyl (C=O) groups is 3. The van der Waals surface area contributed by atoms with E-state index in [2.05, 4.69) is 14.9 Å². The van der Waals surface area contributed by atoms with E-state index in [9.17, 15) is 42.2 Å². The molecule has 0 spiro atoms. The van der Waals surface area contributed by atoms with Crippen LogP contribution < -0.4 is 10.4 Å². The SMILES string of the molecule is CCN(CC)C(=O)c1cc(Cl)nn2c(=N)n(CC(=O)c3cc(OC)cc(S(F)(F)(F)(F)F)c3)nc12.O=C(O)C(F)(F)F. The highest BCUT2D eigenvalue weighted by Gasteiger charge is 2.65. The lowest BCUT2D eigenvalue weighted by atomic mass is 10.1. The quantitative estimate of drug-likeness (QED) is 0.247. The van der Waals surface area contributed by atoms with Crippen molar-refractivity contribution in [2.24, 2.45) is 0 Å². The number of aliphatic carboxylic acids is 1. The fourth-order valence-electron chi connectivity index (χ4n) is 3.23. The van der Waals surface area contributed by atoms with Crippen molar-refractivity contribution in [1.29, 1.82) is 5.41 Å². The summed E-state index contributed by atoms with van der Waals surface area (Å²) < 4.78 is 105. The molecule has 11 nitrogen and oxygen atoms in total. The van der Waals surface area contributed by atoms with Gasteiger partial charge in [0.1, 0.15) is 17.2 Å². The number of carboxylic acids is 1. The Morgan fingerprint density at radius 2 is 1.60 bits per heavy atom. The fourth-order valence-corrected chi connectivity index (χ4v) is 4.11. The van der Waals surface area contributed by atoms with Crippen molar-refractivity contribution in [1.82, 2.24) is 24.3 Å². The number of ether oxygens (including phenoxy) is 1. The van der Waals surface area contributed by atoms with Crippen molar-refractivity contribution in [2.75, 3.05) is 20.2 Å². The highest BCUT2D eigenvalue weighted by molar-refractivity contribution is 8.45. The monoisotopic (exact) mass is 656 g/mol. The molecule has 0 saturated heterocycles. The number of amides is 1. The van der Waals surface area contributed by atoms with Gasteiger partial charge < -0.3 is 14.7 Å². The van der Waals surface area contributed by atoms with E-state index in [1.54, 1.807) is 13.8 Å². The maximum Gasteiger partial charge on any atom is 0.490 e. The third-order valence-corrected chi connectivity index (χ3v) is 6.57. The van der Waals surface area contributed by atoms with Crippen LogP contribution in [0.1, 0.15) is 34.6 Å². The summed E-state index contributed by atoms with van der Waals surface area (Å²) in [6, 6.07) is 2.22. The highest BCUT2D eigenvalue weighted by Crippen LogP contribution is 3.02. The van der Waals surface area contributed by atoms with E-state index in [0.717, 1.165) is 22.4 Å². The van der Waals surface area contributed by atoms with Crippen molar-refractivity contribution in [3.05, 3.63) is 46.2 Å². The first-order valence-corrected chi connectivity index (χ1v) is 13.5. The third-order valence-electron chi connectivity index (χ3n) is 5.26. The molecule has 0 aliphatic carbocycles. The Balaban J connectivity index is 0.000000782. The molecule has 3 rings (SSSR count). The first kappa shape index (κ1) is 34.3. The molecule has 1 amide bonds. The zero-order valence-corrected chi connectivity index (χ0v) is 23.1.